The number of rotatable bonds is 5. The van der Waals surface area contributed by atoms with E-state index in [9.17, 15) is 9.90 Å². The van der Waals surface area contributed by atoms with E-state index in [1.807, 2.05) is 16.8 Å². The van der Waals surface area contributed by atoms with Gasteiger partial charge >= 0.3 is 0 Å². The normalized spacial score (nSPS) is 19.6. The van der Waals surface area contributed by atoms with Crippen LogP contribution in [0.25, 0.3) is 0 Å². The number of carbonyl (C=O) groups is 1. The molecule has 0 saturated carbocycles. The maximum absolute atomic E-state index is 12.2. The summed E-state index contributed by atoms with van der Waals surface area (Å²) in [6.45, 7) is 3.05. The molecule has 2 heterocycles. The highest BCUT2D eigenvalue weighted by molar-refractivity contribution is 5.92. The summed E-state index contributed by atoms with van der Waals surface area (Å²) in [4.78, 5) is 12.2. The number of carbonyl (C=O) groups excluding carboxylic acids is 1. The predicted octanol–water partition coefficient (Wildman–Crippen LogP) is -0.114. The number of aliphatic hydroxyl groups excluding tert-OH is 1. The zero-order chi connectivity index (χ0) is 14.6. The molecule has 1 atom stereocenters. The largest absolute Gasteiger partial charge is 0.393 e. The molecular weight excluding hydrogens is 258 g/mol. The Morgan fingerprint density at radius 1 is 1.55 bits per heavy atom. The van der Waals surface area contributed by atoms with E-state index in [4.69, 9.17) is 5.11 Å². The van der Waals surface area contributed by atoms with Crippen LogP contribution in [0, 0.1) is 0 Å². The highest BCUT2D eigenvalue weighted by Gasteiger charge is 2.23. The van der Waals surface area contributed by atoms with Gasteiger partial charge in [-0.2, -0.15) is 0 Å². The summed E-state index contributed by atoms with van der Waals surface area (Å²) < 4.78 is 2.00. The van der Waals surface area contributed by atoms with E-state index in [0.29, 0.717) is 11.7 Å². The van der Waals surface area contributed by atoms with Gasteiger partial charge < -0.3 is 25.4 Å². The molecule has 1 saturated heterocycles. The first-order chi connectivity index (χ1) is 9.53. The molecule has 1 amide bonds. The molecule has 20 heavy (non-hydrogen) atoms. The van der Waals surface area contributed by atoms with Gasteiger partial charge in [-0.05, 0) is 45.0 Å². The monoisotopic (exact) mass is 281 g/mol. The number of hydrogen-bond acceptors (Lipinski definition) is 4. The number of aliphatic hydroxyl groups is 2. The number of hydrogen-bond donors (Lipinski definition) is 4. The molecule has 2 rings (SSSR count). The lowest BCUT2D eigenvalue weighted by atomic mass is 10.1. The molecule has 6 heteroatoms. The summed E-state index contributed by atoms with van der Waals surface area (Å²) in [6.07, 6.45) is 3.93. The molecule has 1 aliphatic heterocycles. The lowest BCUT2D eigenvalue weighted by molar-refractivity contribution is 0.00311. The maximum atomic E-state index is 12.2. The summed E-state index contributed by atoms with van der Waals surface area (Å²) in [5.41, 5.74) is -0.687. The average Bonchev–Trinajstić information content (AvgIpc) is 2.95. The molecule has 4 N–H and O–H groups in total. The zero-order valence-corrected chi connectivity index (χ0v) is 11.8. The van der Waals surface area contributed by atoms with Gasteiger partial charge in [-0.25, -0.2) is 0 Å². The van der Waals surface area contributed by atoms with E-state index in [1.165, 1.54) is 6.92 Å². The van der Waals surface area contributed by atoms with Crippen LogP contribution in [0.15, 0.2) is 18.3 Å². The minimum atomic E-state index is -1.29. The molecule has 112 valence electrons. The third-order valence-corrected chi connectivity index (χ3v) is 3.68. The van der Waals surface area contributed by atoms with Crippen LogP contribution in [0.1, 0.15) is 36.3 Å². The van der Waals surface area contributed by atoms with Crippen LogP contribution in [0.2, 0.25) is 0 Å². The summed E-state index contributed by atoms with van der Waals surface area (Å²) >= 11 is 0. The van der Waals surface area contributed by atoms with Crippen LogP contribution < -0.4 is 10.6 Å². The first-order valence-corrected chi connectivity index (χ1v) is 7.02. The SMILES string of the molecule is CC(O)(CO)CNC(=O)c1cccn1C1CCNCC1. The standard InChI is InChI=1S/C14H23N3O3/c1-14(20,10-18)9-16-13(19)12-3-2-8-17(12)11-4-6-15-7-5-11/h2-3,8,11,15,18,20H,4-7,9-10H2,1H3,(H,16,19). The molecule has 0 spiro atoms. The Morgan fingerprint density at radius 3 is 2.90 bits per heavy atom. The van der Waals surface area contributed by atoms with Crippen molar-refractivity contribution in [1.29, 1.82) is 0 Å². The molecule has 1 aromatic rings. The second kappa shape index (κ2) is 6.39. The molecule has 6 nitrogen and oxygen atoms in total. The smallest absolute Gasteiger partial charge is 0.268 e. The quantitative estimate of drug-likeness (QED) is 0.606. The summed E-state index contributed by atoms with van der Waals surface area (Å²) in [5.74, 6) is -0.220. The minimum absolute atomic E-state index is 0.0275. The van der Waals surface area contributed by atoms with Crippen molar-refractivity contribution < 1.29 is 15.0 Å². The fraction of sp³-hybridized carbons (Fsp3) is 0.643. The molecule has 1 aliphatic rings. The van der Waals surface area contributed by atoms with Gasteiger partial charge in [0.2, 0.25) is 0 Å². The van der Waals surface area contributed by atoms with Crippen molar-refractivity contribution in [2.24, 2.45) is 0 Å². The van der Waals surface area contributed by atoms with Crippen LogP contribution >= 0.6 is 0 Å². The van der Waals surface area contributed by atoms with Crippen molar-refractivity contribution >= 4 is 5.91 Å². The minimum Gasteiger partial charge on any atom is -0.393 e. The van der Waals surface area contributed by atoms with Crippen LogP contribution in [0.5, 0.6) is 0 Å². The van der Waals surface area contributed by atoms with Crippen molar-refractivity contribution in [1.82, 2.24) is 15.2 Å². The molecule has 0 radical (unpaired) electrons. The van der Waals surface area contributed by atoms with Crippen LogP contribution in [0.3, 0.4) is 0 Å². The Labute approximate surface area is 118 Å². The van der Waals surface area contributed by atoms with Gasteiger partial charge in [0.05, 0.1) is 6.61 Å². The third kappa shape index (κ3) is 3.59. The second-order valence-corrected chi connectivity index (χ2v) is 5.62. The Hall–Kier alpha value is -1.37. The van der Waals surface area contributed by atoms with Crippen molar-refractivity contribution in [2.45, 2.75) is 31.4 Å². The van der Waals surface area contributed by atoms with Gasteiger partial charge in [-0.3, -0.25) is 4.79 Å². The second-order valence-electron chi connectivity index (χ2n) is 5.62. The molecule has 1 fully saturated rings. The fourth-order valence-corrected chi connectivity index (χ4v) is 2.41. The number of nitrogens with zero attached hydrogens (tertiary/aromatic N) is 1. The number of piperidine rings is 1. The topological polar surface area (TPSA) is 86.5 Å². The molecule has 1 unspecified atom stereocenters. The van der Waals surface area contributed by atoms with Crippen LogP contribution in [-0.4, -0.2) is 52.5 Å². The molecular formula is C14H23N3O3. The third-order valence-electron chi connectivity index (χ3n) is 3.68. The summed E-state index contributed by atoms with van der Waals surface area (Å²) in [7, 11) is 0. The number of nitrogens with one attached hydrogen (secondary N) is 2. The highest BCUT2D eigenvalue weighted by Crippen LogP contribution is 2.21. The van der Waals surface area contributed by atoms with Gasteiger partial charge in [-0.15, -0.1) is 0 Å². The van der Waals surface area contributed by atoms with E-state index in [2.05, 4.69) is 10.6 Å². The maximum Gasteiger partial charge on any atom is 0.268 e. The van der Waals surface area contributed by atoms with Gasteiger partial charge in [-0.1, -0.05) is 0 Å². The van der Waals surface area contributed by atoms with E-state index >= 15 is 0 Å². The Bertz CT molecular complexity index is 450. The van der Waals surface area contributed by atoms with Gasteiger partial charge in [0.25, 0.3) is 5.91 Å². The van der Waals surface area contributed by atoms with Gasteiger partial charge in [0, 0.05) is 18.8 Å². The van der Waals surface area contributed by atoms with Crippen molar-refractivity contribution in [3.05, 3.63) is 24.0 Å². The Kier molecular flexibility index (Phi) is 4.80. The average molecular weight is 281 g/mol. The van der Waals surface area contributed by atoms with E-state index < -0.39 is 5.60 Å². The molecule has 0 bridgehead atoms. The summed E-state index contributed by atoms with van der Waals surface area (Å²) in [6, 6.07) is 3.98. The van der Waals surface area contributed by atoms with Crippen LogP contribution in [0.4, 0.5) is 0 Å². The molecule has 0 aliphatic carbocycles. The predicted molar refractivity (Wildman–Crippen MR) is 75.6 cm³/mol. The lowest BCUT2D eigenvalue weighted by Gasteiger charge is -2.26. The Balaban J connectivity index is 2.01. The fourth-order valence-electron chi connectivity index (χ4n) is 2.41. The van der Waals surface area contributed by atoms with Crippen molar-refractivity contribution in [3.8, 4) is 0 Å². The first kappa shape index (κ1) is 15.0. The van der Waals surface area contributed by atoms with Gasteiger partial charge in [0.15, 0.2) is 0 Å². The lowest BCUT2D eigenvalue weighted by Crippen LogP contribution is -2.43. The van der Waals surface area contributed by atoms with E-state index in [0.717, 1.165) is 25.9 Å². The first-order valence-electron chi connectivity index (χ1n) is 7.02. The van der Waals surface area contributed by atoms with Crippen molar-refractivity contribution in [2.75, 3.05) is 26.2 Å². The van der Waals surface area contributed by atoms with Crippen molar-refractivity contribution in [3.63, 3.8) is 0 Å². The number of amides is 1. The zero-order valence-electron chi connectivity index (χ0n) is 11.8. The number of aromatic nitrogens is 1. The van der Waals surface area contributed by atoms with E-state index in [1.54, 1.807) is 6.07 Å². The molecule has 0 aromatic carbocycles. The van der Waals surface area contributed by atoms with Gasteiger partial charge in [0.1, 0.15) is 11.3 Å². The Morgan fingerprint density at radius 2 is 2.25 bits per heavy atom. The van der Waals surface area contributed by atoms with E-state index in [-0.39, 0.29) is 19.1 Å². The van der Waals surface area contributed by atoms with Crippen LogP contribution in [-0.2, 0) is 0 Å². The highest BCUT2D eigenvalue weighted by atomic mass is 16.3. The summed E-state index contributed by atoms with van der Waals surface area (Å²) in [5, 5.41) is 24.7. The molecule has 1 aromatic heterocycles.